The van der Waals surface area contributed by atoms with E-state index in [9.17, 15) is 5.11 Å². The van der Waals surface area contributed by atoms with Crippen molar-refractivity contribution in [3.63, 3.8) is 0 Å². The molecule has 1 aromatic heterocycles. The summed E-state index contributed by atoms with van der Waals surface area (Å²) in [6, 6.07) is 15.2. The molecule has 0 radical (unpaired) electrons. The zero-order valence-corrected chi connectivity index (χ0v) is 14.0. The number of halogens is 1. The predicted molar refractivity (Wildman–Crippen MR) is 101 cm³/mol. The fraction of sp³-hybridized carbons (Fsp3) is 0. The molecule has 0 spiro atoms. The number of benzene rings is 2. The molecule has 0 bridgehead atoms. The number of fused-ring (bicyclic) bond motifs is 1. The highest BCUT2D eigenvalue weighted by Crippen LogP contribution is 2.37. The standard InChI is InChI=1S/C18H12ClN3OS/c19-12-5-7-13(8-6-12)21-18-22-17(23)16(24-18)9-11-10-20-15-4-2-1-3-14(11)15/h1-10,23H,(H,21,22)/b11-9-. The topological polar surface area (TPSA) is 57.5 Å². The molecule has 3 aromatic rings. The lowest BCUT2D eigenvalue weighted by atomic mass is 10.1. The van der Waals surface area contributed by atoms with Crippen molar-refractivity contribution in [3.8, 4) is 5.88 Å². The maximum Gasteiger partial charge on any atom is 0.231 e. The molecule has 0 saturated heterocycles. The first-order chi connectivity index (χ1) is 11.7. The van der Waals surface area contributed by atoms with Crippen LogP contribution in [0, 0.1) is 0 Å². The second-order valence-corrected chi connectivity index (χ2v) is 6.68. The van der Waals surface area contributed by atoms with E-state index < -0.39 is 0 Å². The number of allylic oxidation sites excluding steroid dienone is 1. The van der Waals surface area contributed by atoms with Crippen molar-refractivity contribution < 1.29 is 5.11 Å². The molecule has 0 atom stereocenters. The van der Waals surface area contributed by atoms with E-state index in [2.05, 4.69) is 15.3 Å². The molecule has 4 nitrogen and oxygen atoms in total. The minimum Gasteiger partial charge on any atom is -0.492 e. The summed E-state index contributed by atoms with van der Waals surface area (Å²) in [6.45, 7) is 0. The fourth-order valence-electron chi connectivity index (χ4n) is 2.42. The van der Waals surface area contributed by atoms with Crippen LogP contribution in [0.3, 0.4) is 0 Å². The summed E-state index contributed by atoms with van der Waals surface area (Å²) in [5.74, 6) is 0.00162. The van der Waals surface area contributed by atoms with Crippen LogP contribution < -0.4 is 5.32 Å². The lowest BCUT2D eigenvalue weighted by Crippen LogP contribution is -1.87. The molecular weight excluding hydrogens is 342 g/mol. The number of nitrogens with zero attached hydrogens (tertiary/aromatic N) is 2. The SMILES string of the molecule is Oc1nc(Nc2ccc(Cl)cc2)sc1/C=C1/C=Nc2ccccc21. The van der Waals surface area contributed by atoms with E-state index in [4.69, 9.17) is 11.6 Å². The highest BCUT2D eigenvalue weighted by molar-refractivity contribution is 7.16. The smallest absolute Gasteiger partial charge is 0.231 e. The Bertz CT molecular complexity index is 961. The number of hydrogen-bond donors (Lipinski definition) is 2. The number of aromatic hydroxyl groups is 1. The van der Waals surface area contributed by atoms with E-state index in [0.29, 0.717) is 15.0 Å². The number of aromatic nitrogens is 1. The minimum atomic E-state index is 0.00162. The fourth-order valence-corrected chi connectivity index (χ4v) is 3.38. The normalized spacial score (nSPS) is 14.1. The molecule has 1 aliphatic heterocycles. The largest absolute Gasteiger partial charge is 0.492 e. The molecule has 2 N–H and O–H groups in total. The van der Waals surface area contributed by atoms with Crippen molar-refractivity contribution in [1.82, 2.24) is 4.98 Å². The molecule has 2 aromatic carbocycles. The first-order valence-electron chi connectivity index (χ1n) is 7.26. The molecule has 0 amide bonds. The molecule has 6 heteroatoms. The van der Waals surface area contributed by atoms with Crippen molar-refractivity contribution in [2.75, 3.05) is 5.32 Å². The van der Waals surface area contributed by atoms with Crippen molar-refractivity contribution >= 4 is 57.3 Å². The van der Waals surface area contributed by atoms with Gasteiger partial charge in [-0.1, -0.05) is 41.1 Å². The molecule has 0 fully saturated rings. The molecule has 24 heavy (non-hydrogen) atoms. The van der Waals surface area contributed by atoms with E-state index >= 15 is 0 Å². The average molecular weight is 354 g/mol. The van der Waals surface area contributed by atoms with Crippen LogP contribution in [0.5, 0.6) is 5.88 Å². The Kier molecular flexibility index (Phi) is 3.80. The summed E-state index contributed by atoms with van der Waals surface area (Å²) in [5.41, 5.74) is 3.81. The van der Waals surface area contributed by atoms with Gasteiger partial charge >= 0.3 is 0 Å². The summed E-state index contributed by atoms with van der Waals surface area (Å²) in [5, 5.41) is 14.6. The van der Waals surface area contributed by atoms with Gasteiger partial charge in [-0.3, -0.25) is 4.99 Å². The summed E-state index contributed by atoms with van der Waals surface area (Å²) < 4.78 is 0. The summed E-state index contributed by atoms with van der Waals surface area (Å²) in [4.78, 5) is 9.22. The van der Waals surface area contributed by atoms with Crippen LogP contribution in [-0.4, -0.2) is 16.3 Å². The Morgan fingerprint density at radius 3 is 2.71 bits per heavy atom. The van der Waals surface area contributed by atoms with Gasteiger partial charge in [0.2, 0.25) is 5.88 Å². The van der Waals surface area contributed by atoms with Crippen LogP contribution in [0.15, 0.2) is 53.5 Å². The Morgan fingerprint density at radius 1 is 1.08 bits per heavy atom. The summed E-state index contributed by atoms with van der Waals surface area (Å²) >= 11 is 7.26. The number of aliphatic imine (C=N–C) groups is 1. The maximum atomic E-state index is 10.1. The van der Waals surface area contributed by atoms with E-state index in [0.717, 1.165) is 22.5 Å². The average Bonchev–Trinajstić information content (AvgIpc) is 3.14. The van der Waals surface area contributed by atoms with Gasteiger partial charge in [-0.05, 0) is 36.4 Å². The maximum absolute atomic E-state index is 10.1. The zero-order valence-electron chi connectivity index (χ0n) is 12.4. The number of para-hydroxylation sites is 1. The Labute approximate surface area is 147 Å². The van der Waals surface area contributed by atoms with Gasteiger partial charge < -0.3 is 10.4 Å². The quantitative estimate of drug-likeness (QED) is 0.653. The first kappa shape index (κ1) is 14.9. The van der Waals surface area contributed by atoms with Crippen LogP contribution in [0.1, 0.15) is 10.4 Å². The van der Waals surface area contributed by atoms with Gasteiger partial charge in [0, 0.05) is 28.1 Å². The van der Waals surface area contributed by atoms with E-state index in [1.807, 2.05) is 42.5 Å². The lowest BCUT2D eigenvalue weighted by molar-refractivity contribution is 0.457. The van der Waals surface area contributed by atoms with Gasteiger partial charge in [-0.2, -0.15) is 4.98 Å². The van der Waals surface area contributed by atoms with Crippen LogP contribution >= 0.6 is 22.9 Å². The Hall–Kier alpha value is -2.63. The lowest BCUT2D eigenvalue weighted by Gasteiger charge is -2.01. The number of thiazole rings is 1. The van der Waals surface area contributed by atoms with Crippen molar-refractivity contribution in [1.29, 1.82) is 0 Å². The third-order valence-corrected chi connectivity index (χ3v) is 4.73. The Morgan fingerprint density at radius 2 is 1.88 bits per heavy atom. The van der Waals surface area contributed by atoms with Gasteiger partial charge in [-0.15, -0.1) is 0 Å². The van der Waals surface area contributed by atoms with E-state index in [1.165, 1.54) is 11.3 Å². The molecule has 4 rings (SSSR count). The molecular formula is C18H12ClN3OS. The second kappa shape index (κ2) is 6.11. The van der Waals surface area contributed by atoms with Crippen LogP contribution in [0.4, 0.5) is 16.5 Å². The molecule has 2 heterocycles. The van der Waals surface area contributed by atoms with Crippen molar-refractivity contribution in [2.45, 2.75) is 0 Å². The molecule has 0 unspecified atom stereocenters. The molecule has 0 aliphatic carbocycles. The molecule has 0 saturated carbocycles. The number of anilines is 2. The number of hydrogen-bond acceptors (Lipinski definition) is 5. The Balaban J connectivity index is 1.62. The van der Waals surface area contributed by atoms with E-state index in [-0.39, 0.29) is 5.88 Å². The van der Waals surface area contributed by atoms with Crippen molar-refractivity contribution in [3.05, 3.63) is 64.0 Å². The summed E-state index contributed by atoms with van der Waals surface area (Å²) in [6.07, 6.45) is 3.70. The monoisotopic (exact) mass is 353 g/mol. The highest BCUT2D eigenvalue weighted by Gasteiger charge is 2.14. The minimum absolute atomic E-state index is 0.00162. The highest BCUT2D eigenvalue weighted by atomic mass is 35.5. The first-order valence-corrected chi connectivity index (χ1v) is 8.46. The third kappa shape index (κ3) is 2.91. The number of rotatable bonds is 3. The third-order valence-electron chi connectivity index (χ3n) is 3.57. The van der Waals surface area contributed by atoms with Gasteiger partial charge in [0.25, 0.3) is 0 Å². The zero-order chi connectivity index (χ0) is 16.5. The molecule has 1 aliphatic rings. The van der Waals surface area contributed by atoms with Gasteiger partial charge in [0.05, 0.1) is 10.6 Å². The second-order valence-electron chi connectivity index (χ2n) is 5.21. The van der Waals surface area contributed by atoms with Crippen LogP contribution in [0.25, 0.3) is 11.6 Å². The van der Waals surface area contributed by atoms with Gasteiger partial charge in [-0.25, -0.2) is 0 Å². The predicted octanol–water partition coefficient (Wildman–Crippen LogP) is 5.50. The summed E-state index contributed by atoms with van der Waals surface area (Å²) in [7, 11) is 0. The van der Waals surface area contributed by atoms with Crippen molar-refractivity contribution in [2.24, 2.45) is 4.99 Å². The van der Waals surface area contributed by atoms with Crippen LogP contribution in [0.2, 0.25) is 5.02 Å². The van der Waals surface area contributed by atoms with Crippen LogP contribution in [-0.2, 0) is 0 Å². The van der Waals surface area contributed by atoms with Gasteiger partial charge in [0.15, 0.2) is 5.13 Å². The van der Waals surface area contributed by atoms with Gasteiger partial charge in [0.1, 0.15) is 0 Å². The molecule has 118 valence electrons. The number of nitrogens with one attached hydrogen (secondary N) is 1. The van der Waals surface area contributed by atoms with E-state index in [1.54, 1.807) is 18.3 Å².